The Balaban J connectivity index is 1.20. The first kappa shape index (κ1) is 21.4. The minimum absolute atomic E-state index is 0.191. The molecule has 1 saturated carbocycles. The van der Waals surface area contributed by atoms with Gasteiger partial charge in [-0.05, 0) is 43.0 Å². The van der Waals surface area contributed by atoms with Gasteiger partial charge >= 0.3 is 0 Å². The van der Waals surface area contributed by atoms with Crippen LogP contribution in [-0.4, -0.2) is 62.8 Å². The molecule has 2 aromatic rings. The van der Waals surface area contributed by atoms with Gasteiger partial charge in [0.2, 0.25) is 11.8 Å². The molecule has 3 aliphatic heterocycles. The van der Waals surface area contributed by atoms with Gasteiger partial charge in [0.15, 0.2) is 5.82 Å². The zero-order valence-corrected chi connectivity index (χ0v) is 18.6. The number of fused-ring (bicyclic) bond motifs is 1. The molecular formula is C25H25FN4O4. The van der Waals surface area contributed by atoms with Crippen molar-refractivity contribution in [3.63, 3.8) is 0 Å². The van der Waals surface area contributed by atoms with Crippen molar-refractivity contribution in [3.8, 4) is 11.3 Å². The number of aliphatic hydroxyl groups is 1. The van der Waals surface area contributed by atoms with E-state index in [9.17, 15) is 19.5 Å². The quantitative estimate of drug-likeness (QED) is 0.667. The Morgan fingerprint density at radius 2 is 1.97 bits per heavy atom. The summed E-state index contributed by atoms with van der Waals surface area (Å²) in [4.78, 5) is 44.6. The highest BCUT2D eigenvalue weighted by molar-refractivity contribution is 6.05. The van der Waals surface area contributed by atoms with Crippen LogP contribution >= 0.6 is 0 Å². The second-order valence-corrected chi connectivity index (χ2v) is 10.1. The first-order valence-electron chi connectivity index (χ1n) is 11.6. The van der Waals surface area contributed by atoms with Crippen LogP contribution in [0.15, 0.2) is 30.5 Å². The van der Waals surface area contributed by atoms with Crippen LogP contribution < -0.4 is 5.32 Å². The molecule has 4 aliphatic rings. The van der Waals surface area contributed by atoms with Crippen LogP contribution in [0.5, 0.6) is 0 Å². The number of halogens is 1. The summed E-state index contributed by atoms with van der Waals surface area (Å²) in [5, 5.41) is 11.9. The summed E-state index contributed by atoms with van der Waals surface area (Å²) in [6, 6.07) is 6.13. The van der Waals surface area contributed by atoms with Gasteiger partial charge in [0.05, 0.1) is 6.10 Å². The molecule has 1 aromatic carbocycles. The third kappa shape index (κ3) is 3.42. The summed E-state index contributed by atoms with van der Waals surface area (Å²) in [7, 11) is 0. The van der Waals surface area contributed by atoms with E-state index in [1.165, 1.54) is 4.90 Å². The Bertz CT molecular complexity index is 1220. The van der Waals surface area contributed by atoms with Gasteiger partial charge in [-0.25, -0.2) is 4.39 Å². The molecule has 4 heterocycles. The van der Waals surface area contributed by atoms with Crippen LogP contribution in [0.3, 0.4) is 0 Å². The third-order valence-corrected chi connectivity index (χ3v) is 7.62. The minimum Gasteiger partial charge on any atom is -0.393 e. The first-order valence-corrected chi connectivity index (χ1v) is 11.6. The molecule has 0 bridgehead atoms. The van der Waals surface area contributed by atoms with E-state index in [0.29, 0.717) is 35.2 Å². The molecule has 0 unspecified atom stereocenters. The van der Waals surface area contributed by atoms with Gasteiger partial charge in [-0.1, -0.05) is 6.07 Å². The van der Waals surface area contributed by atoms with Crippen LogP contribution in [0.2, 0.25) is 0 Å². The lowest BCUT2D eigenvalue weighted by atomic mass is 9.62. The Labute approximate surface area is 195 Å². The zero-order chi connectivity index (χ0) is 23.6. The number of imide groups is 1. The van der Waals surface area contributed by atoms with E-state index in [1.54, 1.807) is 30.5 Å². The molecule has 1 aromatic heterocycles. The average Bonchev–Trinajstić information content (AvgIpc) is 3.08. The first-order chi connectivity index (χ1) is 16.3. The Morgan fingerprint density at radius 1 is 1.18 bits per heavy atom. The van der Waals surface area contributed by atoms with Crippen molar-refractivity contribution in [1.29, 1.82) is 0 Å². The van der Waals surface area contributed by atoms with E-state index >= 15 is 4.39 Å². The monoisotopic (exact) mass is 464 g/mol. The molecule has 3 fully saturated rings. The summed E-state index contributed by atoms with van der Waals surface area (Å²) < 4.78 is 15.4. The number of hydrogen-bond donors (Lipinski definition) is 2. The number of nitrogens with zero attached hydrogens (tertiary/aromatic N) is 3. The Hall–Kier alpha value is -3.17. The lowest BCUT2D eigenvalue weighted by Gasteiger charge is -2.58. The second kappa shape index (κ2) is 7.68. The van der Waals surface area contributed by atoms with E-state index in [0.717, 1.165) is 25.9 Å². The highest BCUT2D eigenvalue weighted by Gasteiger charge is 2.51. The number of rotatable bonds is 4. The molecule has 1 atom stereocenters. The molecule has 8 nitrogen and oxygen atoms in total. The van der Waals surface area contributed by atoms with Crippen molar-refractivity contribution in [2.24, 2.45) is 5.41 Å². The van der Waals surface area contributed by atoms with Gasteiger partial charge < -0.3 is 10.0 Å². The molecule has 176 valence electrons. The smallest absolute Gasteiger partial charge is 0.255 e. The number of amides is 3. The fourth-order valence-electron chi connectivity index (χ4n) is 5.98. The van der Waals surface area contributed by atoms with Crippen molar-refractivity contribution in [3.05, 3.63) is 53.0 Å². The summed E-state index contributed by atoms with van der Waals surface area (Å²) in [5.74, 6) is -1.41. The molecule has 1 spiro atoms. The standard InChI is InChI=1S/C25H25FN4O4/c26-21-15(10-29-12-25(13-29)8-17(31)9-25)5-6-27-22(21)14-1-2-18-16(7-14)11-30(24(18)34)19-3-4-20(32)28-23(19)33/h1-2,5-7,17,19,31H,3-4,8-13H2,(H,28,32,33)/t19-/m0/s1. The van der Waals surface area contributed by atoms with E-state index in [1.807, 2.05) is 0 Å². The van der Waals surface area contributed by atoms with Gasteiger partial charge in [0.1, 0.15) is 11.7 Å². The SMILES string of the molecule is O=C1CC[C@H](N2Cc3cc(-c4nccc(CN5CC6(CC(O)C6)C5)c4F)ccc3C2=O)C(=O)N1. The number of nitrogens with one attached hydrogen (secondary N) is 1. The van der Waals surface area contributed by atoms with Crippen molar-refractivity contribution in [2.75, 3.05) is 13.1 Å². The van der Waals surface area contributed by atoms with E-state index in [4.69, 9.17) is 0 Å². The maximum Gasteiger partial charge on any atom is 0.255 e. The lowest BCUT2D eigenvalue weighted by molar-refractivity contribution is -0.137. The topological polar surface area (TPSA) is 103 Å². The van der Waals surface area contributed by atoms with Crippen LogP contribution in [0, 0.1) is 11.2 Å². The number of likely N-dealkylation sites (tertiary alicyclic amines) is 1. The minimum atomic E-state index is -0.684. The number of hydrogen-bond acceptors (Lipinski definition) is 6. The van der Waals surface area contributed by atoms with E-state index < -0.39 is 11.9 Å². The number of carbonyl (C=O) groups is 3. The van der Waals surface area contributed by atoms with Gasteiger partial charge in [-0.15, -0.1) is 0 Å². The van der Waals surface area contributed by atoms with Crippen molar-refractivity contribution < 1.29 is 23.9 Å². The summed E-state index contributed by atoms with van der Waals surface area (Å²) in [6.45, 7) is 2.47. The van der Waals surface area contributed by atoms with Gasteiger partial charge in [0.25, 0.3) is 5.91 Å². The maximum atomic E-state index is 15.4. The van der Waals surface area contributed by atoms with Crippen LogP contribution in [0.25, 0.3) is 11.3 Å². The van der Waals surface area contributed by atoms with Crippen molar-refractivity contribution >= 4 is 17.7 Å². The average molecular weight is 464 g/mol. The molecule has 9 heteroatoms. The van der Waals surface area contributed by atoms with Gasteiger partial charge in [-0.3, -0.25) is 29.6 Å². The van der Waals surface area contributed by atoms with Crippen LogP contribution in [0.1, 0.15) is 47.2 Å². The lowest BCUT2D eigenvalue weighted by Crippen LogP contribution is -2.63. The number of benzene rings is 1. The molecule has 34 heavy (non-hydrogen) atoms. The van der Waals surface area contributed by atoms with Gasteiger partial charge in [0, 0.05) is 60.9 Å². The molecule has 0 radical (unpaired) electrons. The molecule has 2 saturated heterocycles. The number of aromatic nitrogens is 1. The predicted octanol–water partition coefficient (Wildman–Crippen LogP) is 1.61. The fourth-order valence-corrected chi connectivity index (χ4v) is 5.98. The van der Waals surface area contributed by atoms with E-state index in [2.05, 4.69) is 15.2 Å². The van der Waals surface area contributed by atoms with Crippen molar-refractivity contribution in [2.45, 2.75) is 50.9 Å². The zero-order valence-electron chi connectivity index (χ0n) is 18.6. The third-order valence-electron chi connectivity index (χ3n) is 7.62. The Kier molecular flexibility index (Phi) is 4.82. The molecule has 3 amide bonds. The largest absolute Gasteiger partial charge is 0.393 e. The predicted molar refractivity (Wildman–Crippen MR) is 119 cm³/mol. The number of piperidine rings is 1. The Morgan fingerprint density at radius 3 is 2.71 bits per heavy atom. The summed E-state index contributed by atoms with van der Waals surface area (Å²) in [5.41, 5.74) is 2.80. The number of carbonyl (C=O) groups excluding carboxylic acids is 3. The molecule has 1 aliphatic carbocycles. The second-order valence-electron chi connectivity index (χ2n) is 10.1. The molecule has 6 rings (SSSR count). The maximum absolute atomic E-state index is 15.4. The fraction of sp³-hybridized carbons (Fsp3) is 0.440. The highest BCUT2D eigenvalue weighted by atomic mass is 19.1. The van der Waals surface area contributed by atoms with E-state index in [-0.39, 0.29) is 47.8 Å². The summed E-state index contributed by atoms with van der Waals surface area (Å²) in [6.07, 6.45) is 3.57. The molecule has 2 N–H and O–H groups in total. The van der Waals surface area contributed by atoms with Crippen LogP contribution in [-0.2, 0) is 22.7 Å². The van der Waals surface area contributed by atoms with Crippen LogP contribution in [0.4, 0.5) is 4.39 Å². The number of aliphatic hydroxyl groups excluding tert-OH is 1. The normalized spacial score (nSPS) is 24.1. The molecular weight excluding hydrogens is 439 g/mol. The highest BCUT2D eigenvalue weighted by Crippen LogP contribution is 2.48. The van der Waals surface area contributed by atoms with Crippen molar-refractivity contribution in [1.82, 2.24) is 20.1 Å². The number of pyridine rings is 1. The van der Waals surface area contributed by atoms with Gasteiger partial charge in [-0.2, -0.15) is 0 Å². The summed E-state index contributed by atoms with van der Waals surface area (Å²) >= 11 is 0.